The van der Waals surface area contributed by atoms with Crippen molar-refractivity contribution in [2.75, 3.05) is 46.9 Å². The lowest BCUT2D eigenvalue weighted by atomic mass is 10.1. The van der Waals surface area contributed by atoms with Crippen LogP contribution in [0.4, 0.5) is 0 Å². The maximum Gasteiger partial charge on any atom is 0.266 e. The Hall–Kier alpha value is -1.94. The van der Waals surface area contributed by atoms with Gasteiger partial charge in [-0.1, -0.05) is 42.5 Å². The summed E-state index contributed by atoms with van der Waals surface area (Å²) >= 11 is 6.74. The van der Waals surface area contributed by atoms with Gasteiger partial charge in [-0.15, -0.1) is 0 Å². The molecule has 0 bridgehead atoms. The fraction of sp³-hybridized carbons (Fsp3) is 0.500. The molecule has 1 N–H and O–H groups in total. The summed E-state index contributed by atoms with van der Waals surface area (Å²) in [6.07, 6.45) is 4.87. The zero-order chi connectivity index (χ0) is 22.2. The maximum absolute atomic E-state index is 12.7. The van der Waals surface area contributed by atoms with E-state index in [-0.39, 0.29) is 11.8 Å². The van der Waals surface area contributed by atoms with Crippen molar-refractivity contribution in [3.05, 3.63) is 34.7 Å². The van der Waals surface area contributed by atoms with E-state index >= 15 is 0 Å². The Balaban J connectivity index is 1.37. The van der Waals surface area contributed by atoms with E-state index in [2.05, 4.69) is 17.4 Å². The lowest BCUT2D eigenvalue weighted by molar-refractivity contribution is -0.127. The molecule has 9 heteroatoms. The third-order valence-corrected chi connectivity index (χ3v) is 6.74. The summed E-state index contributed by atoms with van der Waals surface area (Å²) < 4.78 is 5.76. The molecule has 0 aliphatic carbocycles. The molecule has 0 spiro atoms. The van der Waals surface area contributed by atoms with Crippen molar-refractivity contribution < 1.29 is 14.3 Å². The average Bonchev–Trinajstić information content (AvgIpc) is 3.03. The highest BCUT2D eigenvalue weighted by atomic mass is 32.2. The van der Waals surface area contributed by atoms with E-state index in [9.17, 15) is 9.59 Å². The first-order valence-corrected chi connectivity index (χ1v) is 11.8. The molecule has 1 aromatic rings. The first-order chi connectivity index (χ1) is 15.0. The van der Waals surface area contributed by atoms with Gasteiger partial charge in [-0.25, -0.2) is 5.01 Å². The second kappa shape index (κ2) is 11.6. The number of unbranched alkanes of at least 4 members (excludes halogenated alkanes) is 2. The standard InChI is InChI=1S/C22H30N4O3S2/c1-24-12-14-25(15-13-24)23-20(27)6-4-3-5-11-26-21(28)19(31-22(26)30)16-17-7-9-18(29-2)10-8-17/h7-10,16H,3-6,11-15H2,1-2H3,(H,23,27). The molecule has 2 aliphatic heterocycles. The van der Waals surface area contributed by atoms with Gasteiger partial charge in [-0.05, 0) is 43.7 Å². The van der Waals surface area contributed by atoms with E-state index in [1.165, 1.54) is 11.8 Å². The molecule has 1 aromatic carbocycles. The first-order valence-electron chi connectivity index (χ1n) is 10.6. The quantitative estimate of drug-likeness (QED) is 0.344. The zero-order valence-corrected chi connectivity index (χ0v) is 19.8. The summed E-state index contributed by atoms with van der Waals surface area (Å²) in [6, 6.07) is 7.57. The van der Waals surface area contributed by atoms with E-state index in [1.54, 1.807) is 12.0 Å². The van der Waals surface area contributed by atoms with E-state index in [4.69, 9.17) is 17.0 Å². The van der Waals surface area contributed by atoms with Crippen LogP contribution < -0.4 is 10.2 Å². The van der Waals surface area contributed by atoms with E-state index in [1.807, 2.05) is 35.4 Å². The normalized spacial score (nSPS) is 19.3. The Labute approximate surface area is 193 Å². The molecule has 0 saturated carbocycles. The topological polar surface area (TPSA) is 65.1 Å². The monoisotopic (exact) mass is 462 g/mol. The van der Waals surface area contributed by atoms with Gasteiger partial charge in [0.1, 0.15) is 10.1 Å². The third kappa shape index (κ3) is 7.03. The van der Waals surface area contributed by atoms with Crippen LogP contribution in [0.3, 0.4) is 0 Å². The molecule has 2 aliphatic rings. The molecule has 3 rings (SSSR count). The number of methoxy groups -OCH3 is 1. The van der Waals surface area contributed by atoms with E-state index in [0.29, 0.717) is 22.2 Å². The average molecular weight is 463 g/mol. The lowest BCUT2D eigenvalue weighted by Gasteiger charge is -2.32. The molecular weight excluding hydrogens is 432 g/mol. The number of hydrogen-bond acceptors (Lipinski definition) is 7. The number of ether oxygens (including phenoxy) is 1. The predicted octanol–water partition coefficient (Wildman–Crippen LogP) is 2.74. The minimum atomic E-state index is -0.0429. The minimum absolute atomic E-state index is 0.0429. The molecule has 168 valence electrons. The Morgan fingerprint density at radius 2 is 1.87 bits per heavy atom. The van der Waals surface area contributed by atoms with Crippen molar-refractivity contribution in [1.29, 1.82) is 0 Å². The molecule has 0 unspecified atom stereocenters. The van der Waals surface area contributed by atoms with Crippen LogP contribution in [-0.2, 0) is 9.59 Å². The molecule has 31 heavy (non-hydrogen) atoms. The number of nitrogens with one attached hydrogen (secondary N) is 1. The van der Waals surface area contributed by atoms with Crippen LogP contribution in [0.25, 0.3) is 6.08 Å². The fourth-order valence-electron chi connectivity index (χ4n) is 3.43. The number of likely N-dealkylation sites (N-methyl/N-ethyl adjacent to an activating group) is 1. The highest BCUT2D eigenvalue weighted by Gasteiger charge is 2.31. The third-order valence-electron chi connectivity index (χ3n) is 5.36. The number of carbonyl (C=O) groups excluding carboxylic acids is 2. The highest BCUT2D eigenvalue weighted by Crippen LogP contribution is 2.33. The second-order valence-electron chi connectivity index (χ2n) is 7.74. The Morgan fingerprint density at radius 3 is 2.55 bits per heavy atom. The molecule has 2 saturated heterocycles. The van der Waals surface area contributed by atoms with Gasteiger partial charge < -0.3 is 9.64 Å². The Bertz CT molecular complexity index is 821. The number of rotatable bonds is 9. The zero-order valence-electron chi connectivity index (χ0n) is 18.1. The van der Waals surface area contributed by atoms with Gasteiger partial charge in [-0.2, -0.15) is 0 Å². The second-order valence-corrected chi connectivity index (χ2v) is 9.42. The summed E-state index contributed by atoms with van der Waals surface area (Å²) in [4.78, 5) is 29.4. The number of amides is 2. The van der Waals surface area contributed by atoms with E-state index in [0.717, 1.165) is 56.8 Å². The van der Waals surface area contributed by atoms with Gasteiger partial charge in [0.2, 0.25) is 5.91 Å². The van der Waals surface area contributed by atoms with E-state index < -0.39 is 0 Å². The number of hydrogen-bond donors (Lipinski definition) is 1. The number of carbonyl (C=O) groups is 2. The van der Waals surface area contributed by atoms with Crippen LogP contribution in [0, 0.1) is 0 Å². The van der Waals surface area contributed by atoms with Crippen molar-refractivity contribution in [1.82, 2.24) is 20.2 Å². The number of hydrazine groups is 1. The van der Waals surface area contributed by atoms with Gasteiger partial charge in [0.15, 0.2) is 0 Å². The number of thioether (sulfide) groups is 1. The Kier molecular flexibility index (Phi) is 8.89. The van der Waals surface area contributed by atoms with Crippen molar-refractivity contribution in [3.8, 4) is 5.75 Å². The number of thiocarbonyl (C=S) groups is 1. The molecule has 7 nitrogen and oxygen atoms in total. The summed E-state index contributed by atoms with van der Waals surface area (Å²) in [5.41, 5.74) is 3.92. The summed E-state index contributed by atoms with van der Waals surface area (Å²) in [7, 11) is 3.71. The van der Waals surface area contributed by atoms with Crippen LogP contribution >= 0.6 is 24.0 Å². The summed E-state index contributed by atoms with van der Waals surface area (Å²) in [5.74, 6) is 0.804. The molecular formula is C22H30N4O3S2. The van der Waals surface area contributed by atoms with Gasteiger partial charge in [-0.3, -0.25) is 19.9 Å². The van der Waals surface area contributed by atoms with Crippen molar-refractivity contribution in [2.45, 2.75) is 25.7 Å². The van der Waals surface area contributed by atoms with Gasteiger partial charge in [0.25, 0.3) is 5.91 Å². The number of benzene rings is 1. The molecule has 2 amide bonds. The molecule has 2 fully saturated rings. The van der Waals surface area contributed by atoms with Crippen LogP contribution in [0.5, 0.6) is 5.75 Å². The lowest BCUT2D eigenvalue weighted by Crippen LogP contribution is -2.52. The SMILES string of the molecule is COc1ccc(C=C2SC(=S)N(CCCCCC(=O)NN3CCN(C)CC3)C2=O)cc1. The molecule has 0 radical (unpaired) electrons. The predicted molar refractivity (Wildman–Crippen MR) is 129 cm³/mol. The van der Waals surface area contributed by atoms with Crippen molar-refractivity contribution in [3.63, 3.8) is 0 Å². The first kappa shape index (κ1) is 23.7. The number of nitrogens with zero attached hydrogens (tertiary/aromatic N) is 3. The van der Waals surface area contributed by atoms with Crippen molar-refractivity contribution >= 4 is 46.2 Å². The molecule has 0 aromatic heterocycles. The van der Waals surface area contributed by atoms with Gasteiger partial charge in [0.05, 0.1) is 12.0 Å². The molecule has 0 atom stereocenters. The van der Waals surface area contributed by atoms with Crippen LogP contribution in [0.2, 0.25) is 0 Å². The van der Waals surface area contributed by atoms with Crippen LogP contribution in [0.15, 0.2) is 29.2 Å². The summed E-state index contributed by atoms with van der Waals surface area (Å²) in [6.45, 7) is 4.25. The van der Waals surface area contributed by atoms with Crippen molar-refractivity contribution in [2.24, 2.45) is 0 Å². The smallest absolute Gasteiger partial charge is 0.266 e. The summed E-state index contributed by atoms with van der Waals surface area (Å²) in [5, 5.41) is 2.00. The largest absolute Gasteiger partial charge is 0.497 e. The number of piperazine rings is 1. The molecule has 2 heterocycles. The maximum atomic E-state index is 12.7. The van der Waals surface area contributed by atoms with Crippen LogP contribution in [0.1, 0.15) is 31.2 Å². The van der Waals surface area contributed by atoms with Gasteiger partial charge >= 0.3 is 0 Å². The van der Waals surface area contributed by atoms with Gasteiger partial charge in [0, 0.05) is 39.1 Å². The minimum Gasteiger partial charge on any atom is -0.497 e. The Morgan fingerprint density at radius 1 is 1.16 bits per heavy atom. The highest BCUT2D eigenvalue weighted by molar-refractivity contribution is 8.26. The fourth-order valence-corrected chi connectivity index (χ4v) is 4.74. The van der Waals surface area contributed by atoms with Crippen LogP contribution in [-0.4, -0.2) is 77.8 Å².